The first kappa shape index (κ1) is 22.0. The summed E-state index contributed by atoms with van der Waals surface area (Å²) in [6.45, 7) is 6.20. The van der Waals surface area contributed by atoms with Gasteiger partial charge in [0.2, 0.25) is 0 Å². The van der Waals surface area contributed by atoms with Crippen LogP contribution in [-0.2, 0) is 9.47 Å². The van der Waals surface area contributed by atoms with E-state index in [4.69, 9.17) is 14.2 Å². The molecule has 2 rings (SSSR count). The molecule has 0 spiro atoms. The number of aliphatic hydroxyl groups excluding tert-OH is 1. The predicted molar refractivity (Wildman–Crippen MR) is 103 cm³/mol. The summed E-state index contributed by atoms with van der Waals surface area (Å²) in [6.07, 6.45) is -0.0481. The topological polar surface area (TPSA) is 97.3 Å². The molecule has 1 aromatic carbocycles. The van der Waals surface area contributed by atoms with Gasteiger partial charge in [-0.2, -0.15) is 0 Å². The van der Waals surface area contributed by atoms with Crippen LogP contribution >= 0.6 is 0 Å². The third-order valence-corrected chi connectivity index (χ3v) is 4.24. The third-order valence-electron chi connectivity index (χ3n) is 4.24. The molecule has 28 heavy (non-hydrogen) atoms. The molecule has 0 saturated carbocycles. The second-order valence-corrected chi connectivity index (χ2v) is 7.79. The fourth-order valence-corrected chi connectivity index (χ4v) is 2.86. The monoisotopic (exact) mass is 394 g/mol. The smallest absolute Gasteiger partial charge is 0.410 e. The number of carbonyl (C=O) groups excluding carboxylic acids is 2. The molecule has 0 unspecified atom stereocenters. The van der Waals surface area contributed by atoms with Crippen LogP contribution in [-0.4, -0.2) is 66.7 Å². The Labute approximate surface area is 165 Å². The van der Waals surface area contributed by atoms with Gasteiger partial charge in [0.15, 0.2) is 6.79 Å². The molecule has 1 aromatic rings. The highest BCUT2D eigenvalue weighted by Crippen LogP contribution is 2.17. The Hall–Kier alpha value is -2.32. The number of hydrogen-bond acceptors (Lipinski definition) is 6. The van der Waals surface area contributed by atoms with Crippen LogP contribution in [0.3, 0.4) is 0 Å². The molecule has 0 aliphatic carbocycles. The van der Waals surface area contributed by atoms with Gasteiger partial charge in [-0.15, -0.1) is 0 Å². The van der Waals surface area contributed by atoms with Crippen LogP contribution < -0.4 is 10.1 Å². The van der Waals surface area contributed by atoms with Crippen LogP contribution in [0, 0.1) is 0 Å². The van der Waals surface area contributed by atoms with E-state index in [0.717, 1.165) is 0 Å². The summed E-state index contributed by atoms with van der Waals surface area (Å²) in [4.78, 5) is 26.5. The lowest BCUT2D eigenvalue weighted by molar-refractivity contribution is 0.0223. The Kier molecular flexibility index (Phi) is 7.65. The van der Waals surface area contributed by atoms with Crippen molar-refractivity contribution in [2.24, 2.45) is 0 Å². The van der Waals surface area contributed by atoms with E-state index >= 15 is 0 Å². The van der Waals surface area contributed by atoms with Crippen LogP contribution in [0.5, 0.6) is 5.75 Å². The summed E-state index contributed by atoms with van der Waals surface area (Å²) in [5, 5.41) is 13.2. The summed E-state index contributed by atoms with van der Waals surface area (Å²) in [5.74, 6) is 0.261. The Morgan fingerprint density at radius 3 is 2.54 bits per heavy atom. The summed E-state index contributed by atoms with van der Waals surface area (Å²) in [6, 6.07) is 6.03. The number of rotatable bonds is 5. The lowest BCUT2D eigenvalue weighted by Crippen LogP contribution is -2.50. The largest absolute Gasteiger partial charge is 0.468 e. The molecule has 1 saturated heterocycles. The number of hydrogen-bond donors (Lipinski definition) is 2. The zero-order valence-electron chi connectivity index (χ0n) is 16.9. The molecular weight excluding hydrogens is 364 g/mol. The van der Waals surface area contributed by atoms with Crippen LogP contribution in [0.1, 0.15) is 44.0 Å². The summed E-state index contributed by atoms with van der Waals surface area (Å²) in [7, 11) is 1.53. The van der Waals surface area contributed by atoms with Crippen molar-refractivity contribution < 1.29 is 28.9 Å². The number of amides is 2. The van der Waals surface area contributed by atoms with Gasteiger partial charge in [0.05, 0.1) is 12.1 Å². The number of aliphatic hydroxyl groups is 1. The van der Waals surface area contributed by atoms with Crippen molar-refractivity contribution in [1.29, 1.82) is 0 Å². The van der Waals surface area contributed by atoms with E-state index in [1.165, 1.54) is 12.0 Å². The maximum absolute atomic E-state index is 12.6. The molecule has 2 atom stereocenters. The minimum absolute atomic E-state index is 0.125. The van der Waals surface area contributed by atoms with Gasteiger partial charge in [0, 0.05) is 25.8 Å². The van der Waals surface area contributed by atoms with Gasteiger partial charge < -0.3 is 29.5 Å². The number of likely N-dealkylation sites (tertiary alicyclic amines) is 1. The molecule has 8 heteroatoms. The number of ether oxygens (including phenoxy) is 3. The van der Waals surface area contributed by atoms with Gasteiger partial charge in [-0.05, 0) is 57.9 Å². The highest BCUT2D eigenvalue weighted by atomic mass is 16.7. The number of nitrogens with zero attached hydrogens (tertiary/aromatic N) is 1. The van der Waals surface area contributed by atoms with Crippen molar-refractivity contribution in [1.82, 2.24) is 10.2 Å². The molecule has 8 nitrogen and oxygen atoms in total. The van der Waals surface area contributed by atoms with Crippen LogP contribution in [0.25, 0.3) is 0 Å². The maximum atomic E-state index is 12.6. The summed E-state index contributed by atoms with van der Waals surface area (Å²) < 4.78 is 15.6. The Bertz CT molecular complexity index is 656. The molecular formula is C20H30N2O6. The normalized spacial score (nSPS) is 20.2. The summed E-state index contributed by atoms with van der Waals surface area (Å²) in [5.41, 5.74) is -0.169. The van der Waals surface area contributed by atoms with Crippen LogP contribution in [0.4, 0.5) is 4.79 Å². The molecule has 0 bridgehead atoms. The van der Waals surface area contributed by atoms with Gasteiger partial charge in [-0.3, -0.25) is 4.79 Å². The predicted octanol–water partition coefficient (Wildman–Crippen LogP) is 2.16. The van der Waals surface area contributed by atoms with E-state index in [1.807, 2.05) is 0 Å². The van der Waals surface area contributed by atoms with Gasteiger partial charge in [-0.25, -0.2) is 4.79 Å². The second-order valence-electron chi connectivity index (χ2n) is 7.79. The van der Waals surface area contributed by atoms with Crippen molar-refractivity contribution in [3.63, 3.8) is 0 Å². The maximum Gasteiger partial charge on any atom is 0.410 e. The van der Waals surface area contributed by atoms with Crippen LogP contribution in [0.15, 0.2) is 24.3 Å². The number of benzene rings is 1. The van der Waals surface area contributed by atoms with Gasteiger partial charge in [0.1, 0.15) is 11.4 Å². The fourth-order valence-electron chi connectivity index (χ4n) is 2.86. The quantitative estimate of drug-likeness (QED) is 0.743. The summed E-state index contributed by atoms with van der Waals surface area (Å²) >= 11 is 0. The minimum Gasteiger partial charge on any atom is -0.468 e. The van der Waals surface area contributed by atoms with E-state index in [2.05, 4.69) is 5.32 Å². The van der Waals surface area contributed by atoms with E-state index in [0.29, 0.717) is 30.7 Å². The van der Waals surface area contributed by atoms with Crippen molar-refractivity contribution in [2.75, 3.05) is 27.0 Å². The average Bonchev–Trinajstić information content (AvgIpc) is 2.81. The number of methoxy groups -OCH3 is 1. The van der Waals surface area contributed by atoms with E-state index in [9.17, 15) is 14.7 Å². The lowest BCUT2D eigenvalue weighted by Gasteiger charge is -2.29. The fraction of sp³-hybridized carbons (Fsp3) is 0.600. The first-order valence-electron chi connectivity index (χ1n) is 9.38. The first-order valence-corrected chi connectivity index (χ1v) is 9.38. The highest BCUT2D eigenvalue weighted by Gasteiger charge is 2.31. The van der Waals surface area contributed by atoms with E-state index in [-0.39, 0.29) is 19.2 Å². The Morgan fingerprint density at radius 2 is 1.93 bits per heavy atom. The van der Waals surface area contributed by atoms with E-state index in [1.54, 1.807) is 45.0 Å². The molecule has 0 aromatic heterocycles. The van der Waals surface area contributed by atoms with Crippen molar-refractivity contribution in [3.8, 4) is 5.75 Å². The van der Waals surface area contributed by atoms with E-state index < -0.39 is 23.8 Å². The van der Waals surface area contributed by atoms with Gasteiger partial charge in [-0.1, -0.05) is 0 Å². The molecule has 156 valence electrons. The third kappa shape index (κ3) is 6.69. The zero-order valence-corrected chi connectivity index (χ0v) is 16.9. The lowest BCUT2D eigenvalue weighted by atomic mass is 10.1. The molecule has 0 radical (unpaired) electrons. The average molecular weight is 394 g/mol. The molecule has 1 heterocycles. The van der Waals surface area contributed by atoms with Gasteiger partial charge >= 0.3 is 6.09 Å². The second kappa shape index (κ2) is 9.75. The first-order chi connectivity index (χ1) is 13.2. The van der Waals surface area contributed by atoms with Gasteiger partial charge in [0.25, 0.3) is 5.91 Å². The minimum atomic E-state index is -0.735. The number of carbonyl (C=O) groups is 2. The van der Waals surface area contributed by atoms with Crippen molar-refractivity contribution >= 4 is 12.0 Å². The Morgan fingerprint density at radius 1 is 1.25 bits per heavy atom. The Balaban J connectivity index is 2.01. The van der Waals surface area contributed by atoms with Crippen molar-refractivity contribution in [2.45, 2.75) is 51.4 Å². The molecule has 2 amide bonds. The SMILES string of the molecule is COCOc1ccc(C(=O)N[C@@H]2CN(C(=O)OC(C)(C)C)CCC[C@H]2O)cc1. The van der Waals surface area contributed by atoms with Crippen LogP contribution in [0.2, 0.25) is 0 Å². The molecule has 1 fully saturated rings. The standard InChI is InChI=1S/C20H30N2O6/c1-20(2,3)28-19(25)22-11-5-6-17(23)16(12-22)21-18(24)14-7-9-15(10-8-14)27-13-26-4/h7-10,16-17,23H,5-6,11-13H2,1-4H3,(H,21,24)/t16-,17-/m1/s1. The zero-order chi connectivity index (χ0) is 20.7. The molecule has 1 aliphatic heterocycles. The number of nitrogens with one attached hydrogen (secondary N) is 1. The molecule has 2 N–H and O–H groups in total. The van der Waals surface area contributed by atoms with Crippen molar-refractivity contribution in [3.05, 3.63) is 29.8 Å². The molecule has 1 aliphatic rings. The highest BCUT2D eigenvalue weighted by molar-refractivity contribution is 5.94.